The molecule has 0 aromatic heterocycles. The molecule has 2 bridgehead atoms. The largest absolute Gasteiger partial charge is 0.462 e. The molecule has 44 heavy (non-hydrogen) atoms. The van der Waals surface area contributed by atoms with Gasteiger partial charge in [0.05, 0.1) is 18.3 Å². The Balaban J connectivity index is 1.53. The summed E-state index contributed by atoms with van der Waals surface area (Å²) in [7, 11) is 0. The summed E-state index contributed by atoms with van der Waals surface area (Å²) in [5.74, 6) is -0.848. The maximum Gasteiger partial charge on any atom is 0.316 e. The minimum absolute atomic E-state index is 0.119. The number of Topliss-reactive ketones (excluding diaryl/α,β-unsaturated/α-hetero) is 1. The highest BCUT2D eigenvalue weighted by Gasteiger charge is 2.60. The predicted molar refractivity (Wildman–Crippen MR) is 170 cm³/mol. The minimum atomic E-state index is -1.72. The molecule has 2 aliphatic carbocycles. The lowest BCUT2D eigenvalue weighted by Crippen LogP contribution is -2.58. The van der Waals surface area contributed by atoms with Crippen LogP contribution in [-0.2, 0) is 23.8 Å². The first kappa shape index (κ1) is 33.1. The summed E-state index contributed by atoms with van der Waals surface area (Å²) in [5.41, 5.74) is 1.03. The van der Waals surface area contributed by atoms with Crippen molar-refractivity contribution in [2.75, 3.05) is 6.61 Å². The summed E-state index contributed by atoms with van der Waals surface area (Å²) < 4.78 is 19.2. The molecule has 0 amide bonds. The predicted octanol–water partition coefficient (Wildman–Crippen LogP) is 5.96. The molecule has 0 aromatic carbocycles. The van der Waals surface area contributed by atoms with Gasteiger partial charge in [0.2, 0.25) is 0 Å². The van der Waals surface area contributed by atoms with Gasteiger partial charge in [-0.15, -0.1) is 0 Å². The second kappa shape index (κ2) is 12.8. The summed E-state index contributed by atoms with van der Waals surface area (Å²) in [5, 5.41) is 23.1. The number of aliphatic hydroxyl groups excluding tert-OH is 1. The van der Waals surface area contributed by atoms with Crippen LogP contribution >= 0.6 is 0 Å². The van der Waals surface area contributed by atoms with E-state index >= 15 is 0 Å². The Labute approximate surface area is 263 Å². The van der Waals surface area contributed by atoms with E-state index in [0.717, 1.165) is 24.8 Å². The van der Waals surface area contributed by atoms with Gasteiger partial charge >= 0.3 is 5.97 Å². The van der Waals surface area contributed by atoms with Gasteiger partial charge in [-0.3, -0.25) is 9.59 Å². The first-order valence-corrected chi connectivity index (χ1v) is 16.6. The zero-order valence-electron chi connectivity index (χ0n) is 27.5. The molecule has 3 aliphatic heterocycles. The Morgan fingerprint density at radius 1 is 1.16 bits per heavy atom. The number of carbonyl (C=O) groups excluding carboxylic acids is 2. The molecule has 1 spiro atoms. The summed E-state index contributed by atoms with van der Waals surface area (Å²) in [4.78, 5) is 27.6. The van der Waals surface area contributed by atoms with Crippen LogP contribution in [0, 0.1) is 29.6 Å². The molecule has 242 valence electrons. The van der Waals surface area contributed by atoms with Crippen LogP contribution in [0.15, 0.2) is 58.7 Å². The fraction of sp³-hybridized carbons (Fsp3) is 0.676. The van der Waals surface area contributed by atoms with Crippen LogP contribution in [0.2, 0.25) is 0 Å². The minimum Gasteiger partial charge on any atom is -0.462 e. The lowest BCUT2D eigenvalue weighted by Gasteiger charge is -2.50. The molecule has 3 fully saturated rings. The molecular formula is C37H52O7. The third-order valence-corrected chi connectivity index (χ3v) is 10.5. The molecular weight excluding hydrogens is 556 g/mol. The van der Waals surface area contributed by atoms with Gasteiger partial charge in [0, 0.05) is 18.8 Å². The number of ketones is 1. The second-order valence-corrected chi connectivity index (χ2v) is 14.8. The van der Waals surface area contributed by atoms with Crippen LogP contribution in [-0.4, -0.2) is 64.2 Å². The normalized spacial score (nSPS) is 45.1. The topological polar surface area (TPSA) is 102 Å². The van der Waals surface area contributed by atoms with Crippen LogP contribution in [0.4, 0.5) is 0 Å². The monoisotopic (exact) mass is 608 g/mol. The number of rotatable bonds is 2. The number of ether oxygens (including phenoxy) is 3. The number of fused-ring (bicyclic) bond motifs is 2. The average Bonchev–Trinajstić information content (AvgIpc) is 3.27. The zero-order chi connectivity index (χ0) is 32.0. The fourth-order valence-electron chi connectivity index (χ4n) is 8.34. The molecule has 2 N–H and O–H groups in total. The maximum atomic E-state index is 14.1. The molecule has 2 saturated heterocycles. The van der Waals surface area contributed by atoms with Crippen molar-refractivity contribution >= 4 is 11.8 Å². The Bertz CT molecular complexity index is 1290. The standard InChI is InChI=1S/C37H52O7/c1-21(2)13-25(6)33-26(7)31(38)19-36(44-33)17-27-12-11-23(4)14-22(3)9-8-10-28-20-42-34-32(39)24(5)15-30(37(28,34)41)35(40)43-29(16-27)18-36/h8-11,13,15,21-22,26-27,29-30,32-34,39,41H,12,14,16-20H2,1-7H3/b9-8+,23-11+,25-13+,28-10+/t22-,26-,27?,29-,30?,32+,33?,34?,36-,37+/m0/s1. The van der Waals surface area contributed by atoms with Crippen LogP contribution in [0.25, 0.3) is 0 Å². The van der Waals surface area contributed by atoms with Crippen molar-refractivity contribution in [3.63, 3.8) is 0 Å². The Kier molecular flexibility index (Phi) is 9.63. The van der Waals surface area contributed by atoms with Gasteiger partial charge in [0.25, 0.3) is 0 Å². The second-order valence-electron chi connectivity index (χ2n) is 14.8. The third kappa shape index (κ3) is 6.48. The highest BCUT2D eigenvalue weighted by atomic mass is 16.6. The molecule has 0 aromatic rings. The van der Waals surface area contributed by atoms with Crippen LogP contribution in [0.3, 0.4) is 0 Å². The van der Waals surface area contributed by atoms with Gasteiger partial charge in [0.1, 0.15) is 35.6 Å². The van der Waals surface area contributed by atoms with E-state index in [2.05, 4.69) is 52.8 Å². The van der Waals surface area contributed by atoms with Crippen molar-refractivity contribution in [1.82, 2.24) is 0 Å². The van der Waals surface area contributed by atoms with Gasteiger partial charge in [0.15, 0.2) is 0 Å². The number of hydrogen-bond donors (Lipinski definition) is 2. The van der Waals surface area contributed by atoms with E-state index in [1.165, 1.54) is 5.57 Å². The molecule has 3 heterocycles. The number of carbonyl (C=O) groups is 2. The first-order valence-electron chi connectivity index (χ1n) is 16.6. The number of allylic oxidation sites excluding steroid dienone is 6. The van der Waals surface area contributed by atoms with E-state index in [-0.39, 0.29) is 36.2 Å². The fourth-order valence-corrected chi connectivity index (χ4v) is 8.34. The summed E-state index contributed by atoms with van der Waals surface area (Å²) in [6, 6.07) is 0. The summed E-state index contributed by atoms with van der Waals surface area (Å²) in [6.45, 7) is 14.4. The molecule has 5 aliphatic rings. The van der Waals surface area contributed by atoms with Crippen molar-refractivity contribution in [3.05, 3.63) is 58.7 Å². The first-order chi connectivity index (χ1) is 20.7. The molecule has 7 heteroatoms. The van der Waals surface area contributed by atoms with Gasteiger partial charge in [-0.25, -0.2) is 0 Å². The molecule has 0 radical (unpaired) electrons. The van der Waals surface area contributed by atoms with E-state index in [1.807, 2.05) is 19.1 Å². The Hall–Kier alpha value is -2.32. The Morgan fingerprint density at radius 3 is 2.64 bits per heavy atom. The lowest BCUT2D eigenvalue weighted by molar-refractivity contribution is -0.195. The van der Waals surface area contributed by atoms with E-state index in [0.29, 0.717) is 36.3 Å². The Morgan fingerprint density at radius 2 is 1.91 bits per heavy atom. The van der Waals surface area contributed by atoms with Crippen molar-refractivity contribution < 1.29 is 34.0 Å². The van der Waals surface area contributed by atoms with Crippen molar-refractivity contribution in [2.45, 2.75) is 123 Å². The molecule has 4 unspecified atom stereocenters. The number of aliphatic hydroxyl groups is 2. The third-order valence-electron chi connectivity index (χ3n) is 10.5. The highest BCUT2D eigenvalue weighted by molar-refractivity contribution is 5.83. The van der Waals surface area contributed by atoms with E-state index < -0.39 is 41.4 Å². The van der Waals surface area contributed by atoms with E-state index in [9.17, 15) is 19.8 Å². The van der Waals surface area contributed by atoms with Crippen LogP contribution < -0.4 is 0 Å². The van der Waals surface area contributed by atoms with Gasteiger partial charge in [-0.1, -0.05) is 69.7 Å². The summed E-state index contributed by atoms with van der Waals surface area (Å²) >= 11 is 0. The smallest absolute Gasteiger partial charge is 0.316 e. The van der Waals surface area contributed by atoms with Gasteiger partial charge in [-0.2, -0.15) is 0 Å². The number of esters is 1. The maximum absolute atomic E-state index is 14.1. The lowest BCUT2D eigenvalue weighted by atomic mass is 9.69. The quantitative estimate of drug-likeness (QED) is 0.295. The molecule has 5 rings (SSSR count). The van der Waals surface area contributed by atoms with E-state index in [1.54, 1.807) is 13.0 Å². The zero-order valence-corrected chi connectivity index (χ0v) is 27.5. The van der Waals surface area contributed by atoms with Gasteiger partial charge < -0.3 is 24.4 Å². The number of hydrogen-bond acceptors (Lipinski definition) is 7. The summed E-state index contributed by atoms with van der Waals surface area (Å²) in [6.07, 6.45) is 13.0. The van der Waals surface area contributed by atoms with Gasteiger partial charge in [-0.05, 0) is 80.9 Å². The van der Waals surface area contributed by atoms with Crippen molar-refractivity contribution in [3.8, 4) is 0 Å². The molecule has 10 atom stereocenters. The van der Waals surface area contributed by atoms with Crippen molar-refractivity contribution in [1.29, 1.82) is 0 Å². The SMILES string of the molecule is CC1=CC2C(=O)O[C@H]3CC(C/C=C(\C)C[C@@H](C)/C=C/C=C4\COC([C@@H]1O)[C@@]42O)C[C@@]1(CC(=O)[C@H](C)C(/C(C)=C/C(C)C)O1)C3. The van der Waals surface area contributed by atoms with Crippen LogP contribution in [0.1, 0.15) is 87.0 Å². The molecule has 1 saturated carbocycles. The van der Waals surface area contributed by atoms with E-state index in [4.69, 9.17) is 14.2 Å². The molecule has 7 nitrogen and oxygen atoms in total. The van der Waals surface area contributed by atoms with Crippen molar-refractivity contribution in [2.24, 2.45) is 29.6 Å². The highest BCUT2D eigenvalue weighted by Crippen LogP contribution is 2.49. The van der Waals surface area contributed by atoms with Crippen LogP contribution in [0.5, 0.6) is 0 Å². The average molecular weight is 609 g/mol.